The molecule has 3 heterocycles. The highest BCUT2D eigenvalue weighted by Gasteiger charge is 2.30. The van der Waals surface area contributed by atoms with Crippen molar-refractivity contribution in [1.29, 1.82) is 0 Å². The number of fused-ring (bicyclic) bond motifs is 1. The van der Waals surface area contributed by atoms with Crippen molar-refractivity contribution in [3.63, 3.8) is 0 Å². The highest BCUT2D eigenvalue weighted by atomic mass is 79.9. The number of ether oxygens (including phenoxy) is 1. The Hall–Kier alpha value is -1.48. The van der Waals surface area contributed by atoms with Crippen LogP contribution in [0.5, 0.6) is 5.88 Å². The van der Waals surface area contributed by atoms with E-state index in [1.807, 2.05) is 19.1 Å². The Labute approximate surface area is 158 Å². The van der Waals surface area contributed by atoms with Gasteiger partial charge in [-0.3, -0.25) is 4.90 Å². The summed E-state index contributed by atoms with van der Waals surface area (Å²) >= 11 is 5.06. The highest BCUT2D eigenvalue weighted by molar-refractivity contribution is 9.10. The molecule has 0 unspecified atom stereocenters. The number of hydrogen-bond donors (Lipinski definition) is 1. The van der Waals surface area contributed by atoms with Crippen molar-refractivity contribution in [2.75, 3.05) is 26.3 Å². The van der Waals surface area contributed by atoms with Crippen molar-refractivity contribution >= 4 is 32.2 Å². The third-order valence-electron chi connectivity index (χ3n) is 4.38. The lowest BCUT2D eigenvalue weighted by Gasteiger charge is -2.34. The van der Waals surface area contributed by atoms with Gasteiger partial charge in [0.15, 0.2) is 5.82 Å². The summed E-state index contributed by atoms with van der Waals surface area (Å²) < 4.78 is 8.09. The van der Waals surface area contributed by atoms with Crippen LogP contribution < -0.4 is 0 Å². The molecule has 132 valence electrons. The Bertz CT molecular complexity index is 888. The molecule has 0 saturated carbocycles. The first-order valence-corrected chi connectivity index (χ1v) is 9.93. The van der Waals surface area contributed by atoms with Crippen LogP contribution in [-0.2, 0) is 11.2 Å². The molecule has 6 nitrogen and oxygen atoms in total. The third-order valence-corrected chi connectivity index (χ3v) is 5.95. The Balaban J connectivity index is 1.82. The topological polar surface area (TPSA) is 62.9 Å². The van der Waals surface area contributed by atoms with E-state index in [-0.39, 0.29) is 11.9 Å². The maximum Gasteiger partial charge on any atom is 0.230 e. The lowest BCUT2D eigenvalue weighted by molar-refractivity contribution is 0.0241. The summed E-state index contributed by atoms with van der Waals surface area (Å²) in [6, 6.07) is 8.19. The molecular weight excluding hydrogens is 404 g/mol. The Morgan fingerprint density at radius 1 is 1.36 bits per heavy atom. The van der Waals surface area contributed by atoms with E-state index in [1.165, 1.54) is 11.3 Å². The van der Waals surface area contributed by atoms with Crippen LogP contribution in [-0.4, -0.2) is 50.9 Å². The standard InChI is InChI=1S/C17H19BrN4O2S/c1-2-13-19-17-22(20-13)16(23)15(25-17)14(21-6-8-24-9-7-21)11-4-3-5-12(18)10-11/h3-5,10,14,23H,2,6-9H2,1H3/t14-/m0/s1. The number of benzene rings is 1. The molecule has 2 aromatic heterocycles. The number of aromatic hydroxyl groups is 1. The molecule has 3 aromatic rings. The van der Waals surface area contributed by atoms with E-state index in [4.69, 9.17) is 4.74 Å². The van der Waals surface area contributed by atoms with Crippen molar-refractivity contribution in [1.82, 2.24) is 19.5 Å². The van der Waals surface area contributed by atoms with Gasteiger partial charge in [-0.1, -0.05) is 46.3 Å². The van der Waals surface area contributed by atoms with Gasteiger partial charge < -0.3 is 9.84 Å². The zero-order valence-corrected chi connectivity index (χ0v) is 16.3. The van der Waals surface area contributed by atoms with Gasteiger partial charge in [0, 0.05) is 24.0 Å². The van der Waals surface area contributed by atoms with Crippen LogP contribution in [0.25, 0.3) is 4.96 Å². The van der Waals surface area contributed by atoms with Crippen LogP contribution in [0.15, 0.2) is 28.7 Å². The molecule has 4 rings (SSSR count). The molecule has 1 aliphatic rings. The van der Waals surface area contributed by atoms with Crippen molar-refractivity contribution in [2.45, 2.75) is 19.4 Å². The van der Waals surface area contributed by atoms with Crippen LogP contribution in [0.4, 0.5) is 0 Å². The zero-order chi connectivity index (χ0) is 17.4. The average molecular weight is 423 g/mol. The van der Waals surface area contributed by atoms with Gasteiger partial charge in [0.05, 0.1) is 24.1 Å². The minimum atomic E-state index is -0.0417. The number of thiazole rings is 1. The summed E-state index contributed by atoms with van der Waals surface area (Å²) in [6.07, 6.45) is 0.752. The smallest absolute Gasteiger partial charge is 0.230 e. The summed E-state index contributed by atoms with van der Waals surface area (Å²) in [6.45, 7) is 5.06. The number of halogens is 1. The molecule has 1 saturated heterocycles. The van der Waals surface area contributed by atoms with E-state index in [0.29, 0.717) is 13.2 Å². The third kappa shape index (κ3) is 3.19. The Morgan fingerprint density at radius 2 is 2.16 bits per heavy atom. The van der Waals surface area contributed by atoms with Gasteiger partial charge in [-0.2, -0.15) is 4.52 Å². The predicted molar refractivity (Wildman–Crippen MR) is 100 cm³/mol. The molecule has 0 bridgehead atoms. The fraction of sp³-hybridized carbons (Fsp3) is 0.412. The van der Waals surface area contributed by atoms with E-state index in [2.05, 4.69) is 43.0 Å². The lowest BCUT2D eigenvalue weighted by Crippen LogP contribution is -2.39. The number of nitrogens with zero attached hydrogens (tertiary/aromatic N) is 4. The first-order chi connectivity index (χ1) is 12.2. The van der Waals surface area contributed by atoms with Gasteiger partial charge in [0.1, 0.15) is 0 Å². The maximum atomic E-state index is 10.8. The monoisotopic (exact) mass is 422 g/mol. The van der Waals surface area contributed by atoms with E-state index >= 15 is 0 Å². The van der Waals surface area contributed by atoms with E-state index in [0.717, 1.165) is 45.2 Å². The molecule has 1 fully saturated rings. The molecule has 0 amide bonds. The SMILES string of the molecule is CCc1nc2sc([C@H](c3cccc(Br)c3)N3CCOCC3)c(O)n2n1. The fourth-order valence-corrected chi connectivity index (χ4v) is 4.71. The van der Waals surface area contributed by atoms with Gasteiger partial charge in [0.25, 0.3) is 0 Å². The molecule has 1 N–H and O–H groups in total. The Morgan fingerprint density at radius 3 is 2.84 bits per heavy atom. The number of aryl methyl sites for hydroxylation is 1. The number of aromatic nitrogens is 3. The zero-order valence-electron chi connectivity index (χ0n) is 13.9. The first kappa shape index (κ1) is 17.0. The molecule has 1 atom stereocenters. The average Bonchev–Trinajstić information content (AvgIpc) is 3.16. The minimum Gasteiger partial charge on any atom is -0.492 e. The van der Waals surface area contributed by atoms with Crippen LogP contribution in [0.1, 0.15) is 29.2 Å². The van der Waals surface area contributed by atoms with Gasteiger partial charge in [-0.15, -0.1) is 5.10 Å². The second-order valence-electron chi connectivity index (χ2n) is 5.97. The summed E-state index contributed by atoms with van der Waals surface area (Å²) in [4.78, 5) is 8.46. The molecule has 25 heavy (non-hydrogen) atoms. The van der Waals surface area contributed by atoms with Crippen molar-refractivity contribution in [3.05, 3.63) is 45.0 Å². The van der Waals surface area contributed by atoms with Crippen LogP contribution in [0.2, 0.25) is 0 Å². The van der Waals surface area contributed by atoms with Gasteiger partial charge in [0.2, 0.25) is 10.8 Å². The van der Waals surface area contributed by atoms with Crippen LogP contribution in [0.3, 0.4) is 0 Å². The van der Waals surface area contributed by atoms with Gasteiger partial charge >= 0.3 is 0 Å². The van der Waals surface area contributed by atoms with E-state index < -0.39 is 0 Å². The number of rotatable bonds is 4. The molecule has 1 aromatic carbocycles. The summed E-state index contributed by atoms with van der Waals surface area (Å²) in [5.74, 6) is 0.933. The highest BCUT2D eigenvalue weighted by Crippen LogP contribution is 2.40. The van der Waals surface area contributed by atoms with Crippen molar-refractivity contribution < 1.29 is 9.84 Å². The van der Waals surface area contributed by atoms with Crippen LogP contribution in [0, 0.1) is 0 Å². The number of morpholine rings is 1. The molecule has 0 aliphatic carbocycles. The summed E-state index contributed by atoms with van der Waals surface area (Å²) in [5.41, 5.74) is 1.13. The molecule has 0 spiro atoms. The minimum absolute atomic E-state index is 0.0417. The number of hydrogen-bond acceptors (Lipinski definition) is 6. The molecule has 8 heteroatoms. The molecule has 1 aliphatic heterocycles. The van der Waals surface area contributed by atoms with E-state index in [9.17, 15) is 5.11 Å². The normalized spacial score (nSPS) is 17.2. The summed E-state index contributed by atoms with van der Waals surface area (Å²) in [7, 11) is 0. The van der Waals surface area contributed by atoms with Crippen LogP contribution >= 0.6 is 27.3 Å². The largest absolute Gasteiger partial charge is 0.492 e. The first-order valence-electron chi connectivity index (χ1n) is 8.32. The van der Waals surface area contributed by atoms with Gasteiger partial charge in [-0.05, 0) is 17.7 Å². The van der Waals surface area contributed by atoms with E-state index in [1.54, 1.807) is 4.52 Å². The summed E-state index contributed by atoms with van der Waals surface area (Å²) in [5, 5.41) is 15.2. The second-order valence-corrected chi connectivity index (χ2v) is 7.90. The molecule has 0 radical (unpaired) electrons. The van der Waals surface area contributed by atoms with Crippen molar-refractivity contribution in [3.8, 4) is 5.88 Å². The maximum absolute atomic E-state index is 10.8. The second kappa shape index (κ2) is 7.03. The Kier molecular flexibility index (Phi) is 4.77. The fourth-order valence-electron chi connectivity index (χ4n) is 3.16. The quantitative estimate of drug-likeness (QED) is 0.698. The predicted octanol–water partition coefficient (Wildman–Crippen LogP) is 3.24. The van der Waals surface area contributed by atoms with Gasteiger partial charge in [-0.25, -0.2) is 4.98 Å². The lowest BCUT2D eigenvalue weighted by atomic mass is 10.0. The van der Waals surface area contributed by atoms with Crippen molar-refractivity contribution in [2.24, 2.45) is 0 Å². The molecular formula is C17H19BrN4O2S.